The van der Waals surface area contributed by atoms with Crippen molar-refractivity contribution in [2.45, 2.75) is 96.6 Å². The zero-order valence-electron chi connectivity index (χ0n) is 24.5. The first-order chi connectivity index (χ1) is 23.3. The van der Waals surface area contributed by atoms with Crippen LogP contribution < -0.4 is 0 Å². The molecule has 320 valence electrons. The van der Waals surface area contributed by atoms with Crippen molar-refractivity contribution in [3.63, 3.8) is 0 Å². The summed E-state index contributed by atoms with van der Waals surface area (Å²) in [6.45, 7) is -4.27. The maximum atomic E-state index is 13.7. The molecular formula is C22H14F26O6. The SMILES string of the molecule is O=C(/C=C\C(=O)OCC(O)CC(F)(F)C(F)(F)C(F)(F)C(F)(F)C(F)(F)C(F)(F)F)OCC(O)CC(F)(F)C(F)(F)C(F)(F)C(F)(F)C(F)(F)C(F)(F)F. The summed E-state index contributed by atoms with van der Waals surface area (Å²) >= 11 is 0. The van der Waals surface area contributed by atoms with Gasteiger partial charge in [-0.15, -0.1) is 0 Å². The lowest BCUT2D eigenvalue weighted by molar-refractivity contribution is -0.440. The molecule has 0 spiro atoms. The molecule has 0 saturated carbocycles. The second-order valence-electron chi connectivity index (χ2n) is 10.3. The van der Waals surface area contributed by atoms with Crippen LogP contribution in [-0.4, -0.2) is 119 Å². The van der Waals surface area contributed by atoms with Crippen LogP contribution in [0.25, 0.3) is 0 Å². The third-order valence-corrected chi connectivity index (χ3v) is 6.17. The number of hydrogen-bond acceptors (Lipinski definition) is 6. The molecule has 0 heterocycles. The van der Waals surface area contributed by atoms with Gasteiger partial charge in [-0.3, -0.25) is 0 Å². The van der Waals surface area contributed by atoms with Crippen LogP contribution in [0.5, 0.6) is 0 Å². The minimum Gasteiger partial charge on any atom is -0.460 e. The van der Waals surface area contributed by atoms with Gasteiger partial charge in [0.15, 0.2) is 0 Å². The third-order valence-electron chi connectivity index (χ3n) is 6.17. The van der Waals surface area contributed by atoms with E-state index in [-0.39, 0.29) is 12.2 Å². The average molecular weight is 868 g/mol. The van der Waals surface area contributed by atoms with E-state index in [1.54, 1.807) is 0 Å². The van der Waals surface area contributed by atoms with Crippen molar-refractivity contribution in [1.29, 1.82) is 0 Å². The molecule has 54 heavy (non-hydrogen) atoms. The smallest absolute Gasteiger partial charge is 0.460 e. The fourth-order valence-corrected chi connectivity index (χ4v) is 3.16. The molecule has 0 bridgehead atoms. The monoisotopic (exact) mass is 868 g/mol. The van der Waals surface area contributed by atoms with E-state index in [0.717, 1.165) is 0 Å². The van der Waals surface area contributed by atoms with Crippen LogP contribution in [0.1, 0.15) is 12.8 Å². The first-order valence-electron chi connectivity index (χ1n) is 12.6. The maximum absolute atomic E-state index is 13.7. The Bertz CT molecular complexity index is 1250. The van der Waals surface area contributed by atoms with E-state index in [1.165, 1.54) is 0 Å². The normalized spacial score (nSPS) is 16.7. The molecule has 0 aromatic rings. The lowest BCUT2D eigenvalue weighted by atomic mass is 9.91. The highest BCUT2D eigenvalue weighted by molar-refractivity contribution is 5.91. The summed E-state index contributed by atoms with van der Waals surface area (Å²) in [5, 5.41) is 18.4. The molecule has 0 fully saturated rings. The summed E-state index contributed by atoms with van der Waals surface area (Å²) in [5.41, 5.74) is 0. The Hall–Kier alpha value is -3.22. The first-order valence-corrected chi connectivity index (χ1v) is 12.6. The Morgan fingerprint density at radius 1 is 0.389 bits per heavy atom. The van der Waals surface area contributed by atoms with E-state index in [2.05, 4.69) is 9.47 Å². The van der Waals surface area contributed by atoms with E-state index < -0.39 is 122 Å². The molecule has 0 aromatic heterocycles. The zero-order valence-corrected chi connectivity index (χ0v) is 24.5. The summed E-state index contributed by atoms with van der Waals surface area (Å²) in [7, 11) is 0. The average Bonchev–Trinajstić information content (AvgIpc) is 2.95. The second kappa shape index (κ2) is 15.0. The lowest BCUT2D eigenvalue weighted by Gasteiger charge is -2.40. The molecule has 0 rings (SSSR count). The van der Waals surface area contributed by atoms with Crippen LogP contribution in [0.15, 0.2) is 12.2 Å². The van der Waals surface area contributed by atoms with Crippen LogP contribution in [-0.2, 0) is 19.1 Å². The quantitative estimate of drug-likeness (QED) is 0.0838. The largest absolute Gasteiger partial charge is 0.460 e. The van der Waals surface area contributed by atoms with E-state index in [4.69, 9.17) is 0 Å². The summed E-state index contributed by atoms with van der Waals surface area (Å²) in [4.78, 5) is 22.8. The van der Waals surface area contributed by atoms with E-state index in [0.29, 0.717) is 0 Å². The van der Waals surface area contributed by atoms with Crippen LogP contribution in [0.4, 0.5) is 114 Å². The molecule has 0 aliphatic rings. The molecule has 0 aliphatic carbocycles. The van der Waals surface area contributed by atoms with E-state index in [9.17, 15) is 134 Å². The number of hydrogen-bond donors (Lipinski definition) is 2. The Balaban J connectivity index is 5.51. The van der Waals surface area contributed by atoms with Gasteiger partial charge in [0.2, 0.25) is 0 Å². The first kappa shape index (κ1) is 50.8. The molecular weight excluding hydrogens is 854 g/mol. The molecule has 2 unspecified atom stereocenters. The number of rotatable bonds is 18. The Labute approximate surface area is 278 Å². The fraction of sp³-hybridized carbons (Fsp3) is 0.818. The Morgan fingerprint density at radius 3 is 0.796 bits per heavy atom. The minimum absolute atomic E-state index is 0.339. The Morgan fingerprint density at radius 2 is 0.593 bits per heavy atom. The number of alkyl halides is 26. The van der Waals surface area contributed by atoms with Gasteiger partial charge in [-0.25, -0.2) is 9.59 Å². The highest BCUT2D eigenvalue weighted by Crippen LogP contribution is 2.62. The summed E-state index contributed by atoms with van der Waals surface area (Å²) in [6, 6.07) is 0. The third kappa shape index (κ3) is 8.91. The van der Waals surface area contributed by atoms with Gasteiger partial charge in [0, 0.05) is 25.0 Å². The number of aliphatic hydroxyl groups is 2. The van der Waals surface area contributed by atoms with Crippen molar-refractivity contribution in [3.8, 4) is 0 Å². The predicted octanol–water partition coefficient (Wildman–Crippen LogP) is 7.61. The molecule has 0 aliphatic heterocycles. The number of carbonyl (C=O) groups is 2. The van der Waals surface area contributed by atoms with Crippen LogP contribution >= 0.6 is 0 Å². The van der Waals surface area contributed by atoms with Crippen molar-refractivity contribution in [2.24, 2.45) is 0 Å². The molecule has 0 amide bonds. The lowest BCUT2D eigenvalue weighted by Crippen LogP contribution is -2.70. The highest BCUT2D eigenvalue weighted by Gasteiger charge is 2.92. The van der Waals surface area contributed by atoms with Crippen molar-refractivity contribution < 1.29 is 143 Å². The van der Waals surface area contributed by atoms with Crippen LogP contribution in [0.2, 0.25) is 0 Å². The maximum Gasteiger partial charge on any atom is 0.460 e. The van der Waals surface area contributed by atoms with Crippen LogP contribution in [0, 0.1) is 0 Å². The number of carbonyl (C=O) groups excluding carboxylic acids is 2. The van der Waals surface area contributed by atoms with Gasteiger partial charge in [-0.05, 0) is 0 Å². The predicted molar refractivity (Wildman–Crippen MR) is 114 cm³/mol. The number of halogens is 26. The van der Waals surface area contributed by atoms with Crippen LogP contribution in [0.3, 0.4) is 0 Å². The molecule has 2 N–H and O–H groups in total. The summed E-state index contributed by atoms with van der Waals surface area (Å²) < 4.78 is 347. The fourth-order valence-electron chi connectivity index (χ4n) is 3.16. The van der Waals surface area contributed by atoms with Gasteiger partial charge in [0.1, 0.15) is 13.2 Å². The topological polar surface area (TPSA) is 93.1 Å². The molecule has 2 atom stereocenters. The van der Waals surface area contributed by atoms with Gasteiger partial charge in [0.05, 0.1) is 12.2 Å². The zero-order chi connectivity index (χ0) is 44.0. The summed E-state index contributed by atoms with van der Waals surface area (Å²) in [6.07, 6.45) is -29.5. The number of esters is 2. The van der Waals surface area contributed by atoms with Gasteiger partial charge in [0.25, 0.3) is 0 Å². The van der Waals surface area contributed by atoms with Crippen molar-refractivity contribution >= 4 is 11.9 Å². The number of aliphatic hydroxyl groups excluding tert-OH is 2. The standard InChI is InChI=1S/C22H14F26O6/c23-11(24,13(27,28)15(31,32)17(35,36)19(39,40)21(43,44)45)3-7(49)5-53-9(51)1-2-10(52)54-6-8(50)4-12(25,26)14(29,30)16(33,34)18(37,38)20(41,42)22(46,47)48/h1-2,7-8,49-50H,3-6H2/b2-1-. The van der Waals surface area contributed by atoms with Gasteiger partial charge < -0.3 is 19.7 Å². The van der Waals surface area contributed by atoms with Crippen molar-refractivity contribution in [2.75, 3.05) is 13.2 Å². The second-order valence-corrected chi connectivity index (χ2v) is 10.3. The van der Waals surface area contributed by atoms with Gasteiger partial charge in [-0.1, -0.05) is 0 Å². The van der Waals surface area contributed by atoms with Crippen molar-refractivity contribution in [1.82, 2.24) is 0 Å². The number of ether oxygens (including phenoxy) is 2. The van der Waals surface area contributed by atoms with Gasteiger partial charge in [-0.2, -0.15) is 114 Å². The van der Waals surface area contributed by atoms with Crippen molar-refractivity contribution in [3.05, 3.63) is 12.2 Å². The molecule has 6 nitrogen and oxygen atoms in total. The molecule has 0 radical (unpaired) electrons. The Kier molecular flexibility index (Phi) is 14.1. The molecule has 32 heteroatoms. The highest BCUT2D eigenvalue weighted by atomic mass is 19.4. The van der Waals surface area contributed by atoms with Gasteiger partial charge >= 0.3 is 83.5 Å². The molecule has 0 aromatic carbocycles. The minimum atomic E-state index is -8.28. The van der Waals surface area contributed by atoms with E-state index >= 15 is 0 Å². The van der Waals surface area contributed by atoms with E-state index in [1.807, 2.05) is 0 Å². The molecule has 0 saturated heterocycles. The summed E-state index contributed by atoms with van der Waals surface area (Å²) in [5.74, 6) is -82.9.